The van der Waals surface area contributed by atoms with Gasteiger partial charge in [-0.25, -0.2) is 8.42 Å². The van der Waals surface area contributed by atoms with Crippen LogP contribution in [0.5, 0.6) is 5.75 Å². The predicted molar refractivity (Wildman–Crippen MR) is 93.0 cm³/mol. The molecule has 0 spiro atoms. The lowest BCUT2D eigenvalue weighted by molar-refractivity contribution is 0.379. The number of methoxy groups -OCH3 is 1. The van der Waals surface area contributed by atoms with Gasteiger partial charge in [0.15, 0.2) is 0 Å². The molecule has 0 bridgehead atoms. The Kier molecular flexibility index (Phi) is 4.61. The summed E-state index contributed by atoms with van der Waals surface area (Å²) in [4.78, 5) is 3.18. The summed E-state index contributed by atoms with van der Waals surface area (Å²) < 4.78 is 32.7. The Morgan fingerprint density at radius 2 is 1.74 bits per heavy atom. The maximum absolute atomic E-state index is 12.7. The summed E-state index contributed by atoms with van der Waals surface area (Å²) in [6, 6.07) is 11.4. The summed E-state index contributed by atoms with van der Waals surface area (Å²) in [5, 5.41) is 0. The second-order valence-electron chi connectivity index (χ2n) is 5.43. The molecule has 3 rings (SSSR count). The molecule has 1 aromatic heterocycles. The molecule has 5 nitrogen and oxygen atoms in total. The first kappa shape index (κ1) is 16.3. The summed E-state index contributed by atoms with van der Waals surface area (Å²) >= 11 is 1.33. The molecular formula is C16H20N2O3S2. The van der Waals surface area contributed by atoms with Gasteiger partial charge in [-0.3, -0.25) is 0 Å². The summed E-state index contributed by atoms with van der Waals surface area (Å²) in [5.41, 5.74) is 1.01. The number of anilines is 1. The fourth-order valence-corrected chi connectivity index (χ4v) is 5.60. The number of rotatable bonds is 4. The molecule has 0 saturated carbocycles. The van der Waals surface area contributed by atoms with Crippen LogP contribution in [-0.4, -0.2) is 46.0 Å². The second-order valence-corrected chi connectivity index (χ2v) is 8.88. The monoisotopic (exact) mass is 352 g/mol. The standard InChI is InChI=1S/C16H20N2O3S2/c1-13-7-8-16(22-13)23(19,20)18-11-9-17(10-12-18)14-5-3-4-6-15(14)21-2/h3-8H,9-12H2,1-2H3. The molecule has 0 atom stereocenters. The zero-order valence-electron chi connectivity index (χ0n) is 13.2. The lowest BCUT2D eigenvalue weighted by Gasteiger charge is -2.35. The Labute approximate surface area is 141 Å². The molecule has 23 heavy (non-hydrogen) atoms. The summed E-state index contributed by atoms with van der Waals surface area (Å²) in [5.74, 6) is 0.817. The first-order valence-electron chi connectivity index (χ1n) is 7.47. The van der Waals surface area contributed by atoms with Gasteiger partial charge in [0.25, 0.3) is 10.0 Å². The highest BCUT2D eigenvalue weighted by atomic mass is 32.2. The molecule has 0 radical (unpaired) electrons. The van der Waals surface area contributed by atoms with E-state index in [2.05, 4.69) is 4.90 Å². The van der Waals surface area contributed by atoms with E-state index in [1.807, 2.05) is 37.3 Å². The topological polar surface area (TPSA) is 49.9 Å². The first-order chi connectivity index (χ1) is 11.0. The van der Waals surface area contributed by atoms with Crippen molar-refractivity contribution in [3.8, 4) is 5.75 Å². The number of hydrogen-bond acceptors (Lipinski definition) is 5. The second kappa shape index (κ2) is 6.51. The van der Waals surface area contributed by atoms with E-state index >= 15 is 0 Å². The lowest BCUT2D eigenvalue weighted by Crippen LogP contribution is -2.48. The van der Waals surface area contributed by atoms with Crippen LogP contribution in [0.4, 0.5) is 5.69 Å². The van der Waals surface area contributed by atoms with Gasteiger partial charge in [0, 0.05) is 31.1 Å². The molecule has 7 heteroatoms. The summed E-state index contributed by atoms with van der Waals surface area (Å²) in [7, 11) is -1.72. The Hall–Kier alpha value is -1.57. The van der Waals surface area contributed by atoms with Crippen molar-refractivity contribution in [2.45, 2.75) is 11.1 Å². The maximum atomic E-state index is 12.7. The van der Waals surface area contributed by atoms with Crippen molar-refractivity contribution < 1.29 is 13.2 Å². The fourth-order valence-electron chi connectivity index (χ4n) is 2.74. The molecule has 0 unspecified atom stereocenters. The van der Waals surface area contributed by atoms with Crippen molar-refractivity contribution in [3.05, 3.63) is 41.3 Å². The largest absolute Gasteiger partial charge is 0.495 e. The molecule has 0 aliphatic carbocycles. The number of hydrogen-bond donors (Lipinski definition) is 0. The van der Waals surface area contributed by atoms with E-state index in [0.29, 0.717) is 30.4 Å². The average molecular weight is 352 g/mol. The van der Waals surface area contributed by atoms with Crippen LogP contribution in [0.2, 0.25) is 0 Å². The zero-order chi connectivity index (χ0) is 16.4. The van der Waals surface area contributed by atoms with Gasteiger partial charge in [0.05, 0.1) is 12.8 Å². The predicted octanol–water partition coefficient (Wildman–Crippen LogP) is 2.58. The van der Waals surface area contributed by atoms with Crippen LogP contribution in [-0.2, 0) is 10.0 Å². The van der Waals surface area contributed by atoms with Crippen LogP contribution in [0.1, 0.15) is 4.88 Å². The van der Waals surface area contributed by atoms with Crippen molar-refractivity contribution in [1.29, 1.82) is 0 Å². The Bertz CT molecular complexity index is 778. The van der Waals surface area contributed by atoms with Crippen LogP contribution in [0, 0.1) is 6.92 Å². The van der Waals surface area contributed by atoms with Gasteiger partial charge in [-0.2, -0.15) is 4.31 Å². The molecule has 1 aliphatic heterocycles. The van der Waals surface area contributed by atoms with Crippen molar-refractivity contribution in [2.75, 3.05) is 38.2 Å². The molecule has 0 N–H and O–H groups in total. The third-order valence-electron chi connectivity index (χ3n) is 3.97. The number of para-hydroxylation sites is 2. The van der Waals surface area contributed by atoms with Crippen molar-refractivity contribution in [2.24, 2.45) is 0 Å². The van der Waals surface area contributed by atoms with E-state index < -0.39 is 10.0 Å². The van der Waals surface area contributed by atoms with Crippen LogP contribution in [0.15, 0.2) is 40.6 Å². The molecule has 0 amide bonds. The van der Waals surface area contributed by atoms with E-state index in [4.69, 9.17) is 4.74 Å². The molecule has 2 aromatic rings. The Morgan fingerprint density at radius 3 is 2.35 bits per heavy atom. The lowest BCUT2D eigenvalue weighted by atomic mass is 10.2. The van der Waals surface area contributed by atoms with Crippen LogP contribution < -0.4 is 9.64 Å². The molecule has 2 heterocycles. The normalized spacial score (nSPS) is 16.5. The molecule has 1 aromatic carbocycles. The number of thiophene rings is 1. The number of benzene rings is 1. The molecule has 124 valence electrons. The van der Waals surface area contributed by atoms with Crippen LogP contribution in [0.3, 0.4) is 0 Å². The van der Waals surface area contributed by atoms with Crippen molar-refractivity contribution in [1.82, 2.24) is 4.31 Å². The number of aryl methyl sites for hydroxylation is 1. The zero-order valence-corrected chi connectivity index (χ0v) is 14.9. The summed E-state index contributed by atoms with van der Waals surface area (Å²) in [6.07, 6.45) is 0. The van der Waals surface area contributed by atoms with E-state index in [9.17, 15) is 8.42 Å². The SMILES string of the molecule is COc1ccccc1N1CCN(S(=O)(=O)c2ccc(C)s2)CC1. The first-order valence-corrected chi connectivity index (χ1v) is 9.72. The average Bonchev–Trinajstić information content (AvgIpc) is 3.02. The Morgan fingerprint density at radius 1 is 1.04 bits per heavy atom. The van der Waals surface area contributed by atoms with Crippen LogP contribution in [0.25, 0.3) is 0 Å². The highest BCUT2D eigenvalue weighted by Gasteiger charge is 2.30. The smallest absolute Gasteiger partial charge is 0.252 e. The molecule has 1 fully saturated rings. The highest BCUT2D eigenvalue weighted by molar-refractivity contribution is 7.91. The third kappa shape index (κ3) is 3.22. The van der Waals surface area contributed by atoms with Gasteiger partial charge in [0.1, 0.15) is 9.96 Å². The molecule has 1 saturated heterocycles. The van der Waals surface area contributed by atoms with E-state index in [-0.39, 0.29) is 0 Å². The maximum Gasteiger partial charge on any atom is 0.252 e. The van der Waals surface area contributed by atoms with E-state index in [0.717, 1.165) is 16.3 Å². The summed E-state index contributed by atoms with van der Waals surface area (Å²) in [6.45, 7) is 4.20. The fraction of sp³-hybridized carbons (Fsp3) is 0.375. The van der Waals surface area contributed by atoms with Gasteiger partial charge >= 0.3 is 0 Å². The van der Waals surface area contributed by atoms with Gasteiger partial charge in [-0.05, 0) is 31.2 Å². The van der Waals surface area contributed by atoms with Crippen molar-refractivity contribution >= 4 is 27.0 Å². The number of nitrogens with zero attached hydrogens (tertiary/aromatic N) is 2. The number of piperazine rings is 1. The van der Waals surface area contributed by atoms with Gasteiger partial charge in [0.2, 0.25) is 0 Å². The molecular weight excluding hydrogens is 332 g/mol. The number of ether oxygens (including phenoxy) is 1. The minimum Gasteiger partial charge on any atom is -0.495 e. The highest BCUT2D eigenvalue weighted by Crippen LogP contribution is 2.30. The van der Waals surface area contributed by atoms with Crippen molar-refractivity contribution in [3.63, 3.8) is 0 Å². The quantitative estimate of drug-likeness (QED) is 0.849. The van der Waals surface area contributed by atoms with Gasteiger partial charge in [-0.1, -0.05) is 12.1 Å². The minimum atomic E-state index is -3.37. The third-order valence-corrected chi connectivity index (χ3v) is 7.34. The Balaban J connectivity index is 1.73. The van der Waals surface area contributed by atoms with E-state index in [1.165, 1.54) is 11.3 Å². The minimum absolute atomic E-state index is 0.431. The van der Waals surface area contributed by atoms with Gasteiger partial charge < -0.3 is 9.64 Å². The number of sulfonamides is 1. The van der Waals surface area contributed by atoms with E-state index in [1.54, 1.807) is 17.5 Å². The molecule has 1 aliphatic rings. The van der Waals surface area contributed by atoms with Crippen LogP contribution >= 0.6 is 11.3 Å². The van der Waals surface area contributed by atoms with Gasteiger partial charge in [-0.15, -0.1) is 11.3 Å².